The van der Waals surface area contributed by atoms with Gasteiger partial charge in [0.1, 0.15) is 5.82 Å². The Bertz CT molecular complexity index is 1360. The standard InChI is InChI=1S/C34H42FN3O4/c1-4-24-9-5-10-27(21-24)31-29(12-6-13-30(31)35)34(41,18-8-19-37-33(40)42-3)28-11-7-20-38(23-28)32(39)26-16-14-25(15-17-26)22-36-2/h5-6,9-10,12-17,21,28,36,41H,4,7-8,11,18-20,22-23H2,1-3H3,(H,37,40)/t28-,34+/m1/s1. The molecule has 2 atom stereocenters. The molecule has 3 aromatic carbocycles. The number of hydrogen-bond acceptors (Lipinski definition) is 5. The number of alkyl carbamates (subject to hydrolysis) is 1. The summed E-state index contributed by atoms with van der Waals surface area (Å²) in [5.74, 6) is -0.829. The minimum atomic E-state index is -1.45. The van der Waals surface area contributed by atoms with Gasteiger partial charge >= 0.3 is 6.09 Å². The zero-order valence-electron chi connectivity index (χ0n) is 24.8. The third kappa shape index (κ3) is 7.17. The molecule has 4 rings (SSSR count). The van der Waals surface area contributed by atoms with E-state index in [0.717, 1.165) is 24.1 Å². The third-order valence-electron chi connectivity index (χ3n) is 8.26. The van der Waals surface area contributed by atoms with Crippen LogP contribution in [0.15, 0.2) is 66.7 Å². The van der Waals surface area contributed by atoms with Gasteiger partial charge in [-0.3, -0.25) is 4.79 Å². The number of aliphatic hydroxyl groups is 1. The molecule has 42 heavy (non-hydrogen) atoms. The van der Waals surface area contributed by atoms with Gasteiger partial charge in [-0.1, -0.05) is 55.5 Å². The molecule has 2 amide bonds. The first-order valence-electron chi connectivity index (χ1n) is 14.8. The molecule has 0 radical (unpaired) electrons. The van der Waals surface area contributed by atoms with Crippen LogP contribution in [-0.2, 0) is 23.3 Å². The van der Waals surface area contributed by atoms with Crippen LogP contribution in [-0.4, -0.2) is 55.8 Å². The lowest BCUT2D eigenvalue weighted by molar-refractivity contribution is -0.0564. The van der Waals surface area contributed by atoms with E-state index in [4.69, 9.17) is 4.74 Å². The van der Waals surface area contributed by atoms with Crippen LogP contribution in [0.3, 0.4) is 0 Å². The second-order valence-corrected chi connectivity index (χ2v) is 11.0. The zero-order chi connectivity index (χ0) is 30.1. The van der Waals surface area contributed by atoms with Gasteiger partial charge in [0.2, 0.25) is 0 Å². The number of nitrogens with one attached hydrogen (secondary N) is 2. The van der Waals surface area contributed by atoms with E-state index in [1.54, 1.807) is 17.0 Å². The van der Waals surface area contributed by atoms with Crippen molar-refractivity contribution in [2.45, 2.75) is 51.2 Å². The number of carbonyl (C=O) groups excluding carboxylic acids is 2. The molecule has 0 aromatic heterocycles. The van der Waals surface area contributed by atoms with Crippen LogP contribution in [0.25, 0.3) is 11.1 Å². The number of halogens is 1. The van der Waals surface area contributed by atoms with Crippen molar-refractivity contribution in [1.82, 2.24) is 15.5 Å². The molecule has 1 fully saturated rings. The van der Waals surface area contributed by atoms with Gasteiger partial charge in [-0.15, -0.1) is 0 Å². The van der Waals surface area contributed by atoms with Gasteiger partial charge in [-0.2, -0.15) is 0 Å². The molecule has 1 aliphatic heterocycles. The van der Waals surface area contributed by atoms with Crippen molar-refractivity contribution in [2.75, 3.05) is 33.8 Å². The van der Waals surface area contributed by atoms with Crippen molar-refractivity contribution >= 4 is 12.0 Å². The van der Waals surface area contributed by atoms with Crippen LogP contribution >= 0.6 is 0 Å². The molecule has 3 N–H and O–H groups in total. The fourth-order valence-corrected chi connectivity index (χ4v) is 6.01. The molecule has 0 aliphatic carbocycles. The van der Waals surface area contributed by atoms with Crippen molar-refractivity contribution in [3.8, 4) is 11.1 Å². The van der Waals surface area contributed by atoms with Crippen LogP contribution < -0.4 is 10.6 Å². The number of nitrogens with zero attached hydrogens (tertiary/aromatic N) is 1. The maximum Gasteiger partial charge on any atom is 0.406 e. The summed E-state index contributed by atoms with van der Waals surface area (Å²) >= 11 is 0. The largest absolute Gasteiger partial charge is 0.453 e. The van der Waals surface area contributed by atoms with Crippen molar-refractivity contribution in [1.29, 1.82) is 0 Å². The number of piperidine rings is 1. The number of amides is 2. The lowest BCUT2D eigenvalue weighted by Gasteiger charge is -2.43. The highest BCUT2D eigenvalue weighted by molar-refractivity contribution is 5.94. The van der Waals surface area contributed by atoms with Crippen molar-refractivity contribution < 1.29 is 23.8 Å². The van der Waals surface area contributed by atoms with Crippen LogP contribution in [0.4, 0.5) is 9.18 Å². The first-order chi connectivity index (χ1) is 20.3. The Kier molecular flexibility index (Phi) is 10.7. The smallest absolute Gasteiger partial charge is 0.406 e. The number of carbonyl (C=O) groups is 2. The van der Waals surface area contributed by atoms with Gasteiger partial charge in [0.05, 0.1) is 12.7 Å². The second-order valence-electron chi connectivity index (χ2n) is 11.0. The van der Waals surface area contributed by atoms with Crippen molar-refractivity contribution in [2.24, 2.45) is 5.92 Å². The average molecular weight is 576 g/mol. The zero-order valence-corrected chi connectivity index (χ0v) is 24.8. The van der Waals surface area contributed by atoms with E-state index >= 15 is 4.39 Å². The molecule has 0 unspecified atom stereocenters. The predicted molar refractivity (Wildman–Crippen MR) is 163 cm³/mol. The first kappa shape index (κ1) is 31.2. The van der Waals surface area contributed by atoms with E-state index in [0.29, 0.717) is 61.2 Å². The number of methoxy groups -OCH3 is 1. The summed E-state index contributed by atoms with van der Waals surface area (Å²) in [6.45, 7) is 3.98. The Morgan fingerprint density at radius 1 is 1.10 bits per heavy atom. The third-order valence-corrected chi connectivity index (χ3v) is 8.26. The normalized spacial score (nSPS) is 16.5. The Morgan fingerprint density at radius 3 is 2.57 bits per heavy atom. The highest BCUT2D eigenvalue weighted by atomic mass is 19.1. The minimum Gasteiger partial charge on any atom is -0.453 e. The van der Waals surface area contributed by atoms with Gasteiger partial charge < -0.3 is 25.4 Å². The summed E-state index contributed by atoms with van der Waals surface area (Å²) in [6.07, 6.45) is 2.36. The topological polar surface area (TPSA) is 90.9 Å². The molecule has 0 spiro atoms. The summed E-state index contributed by atoms with van der Waals surface area (Å²) in [6, 6.07) is 20.2. The van der Waals surface area contributed by atoms with Crippen LogP contribution in [0, 0.1) is 11.7 Å². The monoisotopic (exact) mass is 575 g/mol. The van der Waals surface area contributed by atoms with E-state index in [-0.39, 0.29) is 18.2 Å². The SMILES string of the molecule is CCc1cccc(-c2c(F)cccc2[C@](O)(CCCNC(=O)OC)[C@@H]2CCCN(C(=O)c3ccc(CNC)cc3)C2)c1. The summed E-state index contributed by atoms with van der Waals surface area (Å²) < 4.78 is 20.4. The van der Waals surface area contributed by atoms with Crippen molar-refractivity contribution in [3.05, 3.63) is 94.8 Å². The Labute approximate surface area is 248 Å². The maximum atomic E-state index is 15.7. The van der Waals surface area contributed by atoms with E-state index in [9.17, 15) is 14.7 Å². The fraction of sp³-hybridized carbons (Fsp3) is 0.412. The van der Waals surface area contributed by atoms with Crippen molar-refractivity contribution in [3.63, 3.8) is 0 Å². The number of likely N-dealkylation sites (tertiary alicyclic amines) is 1. The fourth-order valence-electron chi connectivity index (χ4n) is 6.01. The number of benzene rings is 3. The van der Waals surface area contributed by atoms with Gasteiger partial charge in [0, 0.05) is 43.2 Å². The lowest BCUT2D eigenvalue weighted by atomic mass is 9.72. The molecule has 1 saturated heterocycles. The van der Waals surface area contributed by atoms with E-state index in [1.165, 1.54) is 13.2 Å². The van der Waals surface area contributed by atoms with E-state index < -0.39 is 17.5 Å². The molecule has 1 aliphatic rings. The highest BCUT2D eigenvalue weighted by Crippen LogP contribution is 2.44. The molecule has 224 valence electrons. The van der Waals surface area contributed by atoms with Crippen LogP contribution in [0.5, 0.6) is 0 Å². The summed E-state index contributed by atoms with van der Waals surface area (Å²) in [5, 5.41) is 18.4. The van der Waals surface area contributed by atoms with Crippen LogP contribution in [0.1, 0.15) is 59.7 Å². The summed E-state index contributed by atoms with van der Waals surface area (Å²) in [4.78, 5) is 27.0. The lowest BCUT2D eigenvalue weighted by Crippen LogP contribution is -2.48. The Balaban J connectivity index is 1.69. The minimum absolute atomic E-state index is 0.0828. The number of rotatable bonds is 11. The molecular formula is C34H42FN3O4. The first-order valence-corrected chi connectivity index (χ1v) is 14.8. The molecule has 1 heterocycles. The molecular weight excluding hydrogens is 533 g/mol. The average Bonchev–Trinajstić information content (AvgIpc) is 3.03. The second kappa shape index (κ2) is 14.4. The van der Waals surface area contributed by atoms with Gasteiger partial charge in [-0.25, -0.2) is 9.18 Å². The van der Waals surface area contributed by atoms with Gasteiger partial charge in [-0.05, 0) is 79.6 Å². The number of ether oxygens (including phenoxy) is 1. The number of hydrogen-bond donors (Lipinski definition) is 3. The Hall–Kier alpha value is -3.75. The predicted octanol–water partition coefficient (Wildman–Crippen LogP) is 5.65. The Morgan fingerprint density at radius 2 is 1.86 bits per heavy atom. The molecule has 0 saturated carbocycles. The molecule has 3 aromatic rings. The van der Waals surface area contributed by atoms with Crippen LogP contribution in [0.2, 0.25) is 0 Å². The molecule has 7 nitrogen and oxygen atoms in total. The van der Waals surface area contributed by atoms with E-state index in [1.807, 2.05) is 62.5 Å². The summed E-state index contributed by atoms with van der Waals surface area (Å²) in [5.41, 5.74) is 2.90. The van der Waals surface area contributed by atoms with Gasteiger partial charge in [0.15, 0.2) is 0 Å². The molecule has 8 heteroatoms. The highest BCUT2D eigenvalue weighted by Gasteiger charge is 2.43. The number of aryl methyl sites for hydroxylation is 1. The summed E-state index contributed by atoms with van der Waals surface area (Å²) in [7, 11) is 3.18. The quantitative estimate of drug-likeness (QED) is 0.257. The van der Waals surface area contributed by atoms with Gasteiger partial charge in [0.25, 0.3) is 5.91 Å². The maximum absolute atomic E-state index is 15.7. The van der Waals surface area contributed by atoms with E-state index in [2.05, 4.69) is 10.6 Å². The molecule has 0 bridgehead atoms.